The molecule has 1 rings (SSSR count). The van der Waals surface area contributed by atoms with Gasteiger partial charge in [-0.25, -0.2) is 4.99 Å². The smallest absolute Gasteiger partial charge is 0.174 e. The number of rotatable bonds is 3. The summed E-state index contributed by atoms with van der Waals surface area (Å²) >= 11 is 0. The fourth-order valence-electron chi connectivity index (χ4n) is 1.21. The third kappa shape index (κ3) is 3.36. The Morgan fingerprint density at radius 2 is 1.83 bits per heavy atom. The number of hydrogen-bond donors (Lipinski definition) is 1. The van der Waals surface area contributed by atoms with Crippen molar-refractivity contribution >= 4 is 11.9 Å². The van der Waals surface area contributed by atoms with Crippen molar-refractivity contribution < 1.29 is 0 Å². The predicted molar refractivity (Wildman–Crippen MR) is 70.8 cm³/mol. The van der Waals surface area contributed by atoms with Crippen LogP contribution in [-0.4, -0.2) is 20.3 Å². The van der Waals surface area contributed by atoms with Gasteiger partial charge in [0.05, 0.1) is 0 Å². The zero-order valence-corrected chi connectivity index (χ0v) is 10.3. The summed E-state index contributed by atoms with van der Waals surface area (Å²) in [5.41, 5.74) is 6.98. The Morgan fingerprint density at radius 3 is 2.28 bits per heavy atom. The lowest BCUT2D eigenvalue weighted by Gasteiger charge is -2.11. The fraction of sp³-hybridized carbons (Fsp3) is 0.154. The Kier molecular flexibility index (Phi) is 4.48. The number of hydrogen-bond acceptors (Lipinski definition) is 5. The second kappa shape index (κ2) is 6.07. The van der Waals surface area contributed by atoms with Gasteiger partial charge in [-0.2, -0.15) is 10.5 Å². The van der Waals surface area contributed by atoms with E-state index in [4.69, 9.17) is 16.3 Å². The minimum atomic E-state index is -0.182. The molecule has 1 aromatic rings. The molecule has 2 N–H and O–H groups in total. The van der Waals surface area contributed by atoms with Crippen LogP contribution in [0.3, 0.4) is 0 Å². The van der Waals surface area contributed by atoms with Crippen LogP contribution in [0.4, 0.5) is 5.69 Å². The Balaban J connectivity index is 2.93. The van der Waals surface area contributed by atoms with Crippen LogP contribution >= 0.6 is 0 Å². The number of nitriles is 2. The number of anilines is 1. The third-order valence-corrected chi connectivity index (χ3v) is 2.23. The third-order valence-electron chi connectivity index (χ3n) is 2.23. The Labute approximate surface area is 106 Å². The maximum atomic E-state index is 8.76. The second-order valence-electron chi connectivity index (χ2n) is 3.73. The van der Waals surface area contributed by atoms with Gasteiger partial charge < -0.3 is 10.6 Å². The van der Waals surface area contributed by atoms with Crippen LogP contribution in [0.15, 0.2) is 40.7 Å². The lowest BCUT2D eigenvalue weighted by molar-refractivity contribution is 1.13. The summed E-state index contributed by atoms with van der Waals surface area (Å²) < 4.78 is 0. The Hall–Kier alpha value is -2.79. The normalized spacial score (nSPS) is 11.6. The van der Waals surface area contributed by atoms with Gasteiger partial charge >= 0.3 is 0 Å². The summed E-state index contributed by atoms with van der Waals surface area (Å²) in [6.07, 6.45) is 1.50. The zero-order chi connectivity index (χ0) is 13.5. The summed E-state index contributed by atoms with van der Waals surface area (Å²) in [6, 6.07) is 11.1. The maximum Gasteiger partial charge on any atom is 0.174 e. The fourth-order valence-corrected chi connectivity index (χ4v) is 1.21. The minimum absolute atomic E-state index is 0.0748. The lowest BCUT2D eigenvalue weighted by Crippen LogP contribution is -2.08. The van der Waals surface area contributed by atoms with Gasteiger partial charge in [-0.1, -0.05) is 12.1 Å². The summed E-state index contributed by atoms with van der Waals surface area (Å²) in [7, 11) is 3.90. The van der Waals surface area contributed by atoms with Crippen LogP contribution in [0.25, 0.3) is 0 Å². The summed E-state index contributed by atoms with van der Waals surface area (Å²) in [5.74, 6) is 0. The molecule has 5 heteroatoms. The predicted octanol–water partition coefficient (Wildman–Crippen LogP) is 1.39. The van der Waals surface area contributed by atoms with E-state index in [2.05, 4.69) is 4.99 Å². The number of aliphatic imine (C=N–C) groups is 1. The molecule has 0 fully saturated rings. The van der Waals surface area contributed by atoms with Gasteiger partial charge in [0.2, 0.25) is 0 Å². The molecule has 0 unspecified atom stereocenters. The number of allylic oxidation sites excluding steroid dienone is 2. The number of nitrogens with two attached hydrogens (primary N) is 1. The molecule has 0 heterocycles. The molecular formula is C13H13N5. The molecule has 0 aromatic heterocycles. The molecule has 0 bridgehead atoms. The average Bonchev–Trinajstić information content (AvgIpc) is 2.39. The van der Waals surface area contributed by atoms with Gasteiger partial charge in [-0.3, -0.25) is 0 Å². The first-order valence-electron chi connectivity index (χ1n) is 5.20. The van der Waals surface area contributed by atoms with Crippen LogP contribution in [0.5, 0.6) is 0 Å². The van der Waals surface area contributed by atoms with Gasteiger partial charge in [0.15, 0.2) is 5.70 Å². The second-order valence-corrected chi connectivity index (χ2v) is 3.73. The van der Waals surface area contributed by atoms with E-state index in [1.165, 1.54) is 6.21 Å². The van der Waals surface area contributed by atoms with Crippen molar-refractivity contribution in [2.75, 3.05) is 19.0 Å². The molecule has 1 aromatic carbocycles. The minimum Gasteiger partial charge on any atom is -0.388 e. The quantitative estimate of drug-likeness (QED) is 0.637. The first kappa shape index (κ1) is 13.3. The first-order chi connectivity index (χ1) is 8.58. The van der Waals surface area contributed by atoms with Crippen LogP contribution < -0.4 is 10.6 Å². The molecule has 0 amide bonds. The molecule has 0 saturated heterocycles. The molecule has 90 valence electrons. The lowest BCUT2D eigenvalue weighted by atomic mass is 10.2. The molecule has 0 aliphatic rings. The molecule has 0 saturated carbocycles. The van der Waals surface area contributed by atoms with Crippen molar-refractivity contribution in [2.24, 2.45) is 10.7 Å². The van der Waals surface area contributed by atoms with Crippen molar-refractivity contribution in [3.05, 3.63) is 41.2 Å². The van der Waals surface area contributed by atoms with E-state index in [0.29, 0.717) is 0 Å². The van der Waals surface area contributed by atoms with Crippen LogP contribution in [-0.2, 0) is 0 Å². The van der Waals surface area contributed by atoms with Crippen molar-refractivity contribution in [1.29, 1.82) is 10.5 Å². The number of benzene rings is 1. The maximum absolute atomic E-state index is 8.76. The summed E-state index contributed by atoms with van der Waals surface area (Å²) in [4.78, 5) is 5.87. The van der Waals surface area contributed by atoms with E-state index in [-0.39, 0.29) is 11.4 Å². The Bertz CT molecular complexity index is 553. The van der Waals surface area contributed by atoms with Crippen LogP contribution in [0.2, 0.25) is 0 Å². The molecule has 18 heavy (non-hydrogen) atoms. The van der Waals surface area contributed by atoms with Gasteiger partial charge in [0.25, 0.3) is 0 Å². The van der Waals surface area contributed by atoms with Gasteiger partial charge in [-0.15, -0.1) is 0 Å². The van der Waals surface area contributed by atoms with Gasteiger partial charge in [0.1, 0.15) is 17.8 Å². The summed E-state index contributed by atoms with van der Waals surface area (Å²) in [6.45, 7) is 0. The first-order valence-corrected chi connectivity index (χ1v) is 5.20. The summed E-state index contributed by atoms with van der Waals surface area (Å²) in [5, 5.41) is 17.3. The van der Waals surface area contributed by atoms with E-state index in [1.807, 2.05) is 43.3 Å². The highest BCUT2D eigenvalue weighted by atomic mass is 15.1. The molecule has 0 radical (unpaired) electrons. The highest BCUT2D eigenvalue weighted by Crippen LogP contribution is 2.11. The van der Waals surface area contributed by atoms with Crippen molar-refractivity contribution in [3.63, 3.8) is 0 Å². The van der Waals surface area contributed by atoms with E-state index >= 15 is 0 Å². The zero-order valence-electron chi connectivity index (χ0n) is 10.3. The largest absolute Gasteiger partial charge is 0.388 e. The van der Waals surface area contributed by atoms with Crippen molar-refractivity contribution in [2.45, 2.75) is 0 Å². The van der Waals surface area contributed by atoms with E-state index in [9.17, 15) is 0 Å². The average molecular weight is 239 g/mol. The van der Waals surface area contributed by atoms with Crippen molar-refractivity contribution in [1.82, 2.24) is 0 Å². The highest BCUT2D eigenvalue weighted by molar-refractivity contribution is 5.81. The SMILES string of the molecule is CN(C)c1ccc(C=N/C(C#N)=C(/N)C#N)cc1. The van der Waals surface area contributed by atoms with E-state index in [1.54, 1.807) is 12.1 Å². The standard InChI is InChI=1S/C13H13N5/c1-18(2)11-5-3-10(4-6-11)9-17-13(8-15)12(16)7-14/h3-6,9H,16H2,1-2H3/b13-12+,17-9?. The number of nitrogens with zero attached hydrogens (tertiary/aromatic N) is 4. The van der Waals surface area contributed by atoms with Crippen LogP contribution in [0, 0.1) is 22.7 Å². The molecular weight excluding hydrogens is 226 g/mol. The van der Waals surface area contributed by atoms with Gasteiger partial charge in [-0.05, 0) is 17.7 Å². The Morgan fingerprint density at radius 1 is 1.22 bits per heavy atom. The monoisotopic (exact) mass is 239 g/mol. The highest BCUT2D eigenvalue weighted by Gasteiger charge is 1.99. The molecule has 0 spiro atoms. The van der Waals surface area contributed by atoms with E-state index in [0.717, 1.165) is 11.3 Å². The molecule has 0 atom stereocenters. The van der Waals surface area contributed by atoms with E-state index < -0.39 is 0 Å². The van der Waals surface area contributed by atoms with Crippen molar-refractivity contribution in [3.8, 4) is 12.1 Å². The van der Waals surface area contributed by atoms with Crippen LogP contribution in [0.1, 0.15) is 5.56 Å². The molecule has 5 nitrogen and oxygen atoms in total. The molecule has 0 aliphatic carbocycles. The topological polar surface area (TPSA) is 89.2 Å². The van der Waals surface area contributed by atoms with Gasteiger partial charge in [0, 0.05) is 26.0 Å². The molecule has 0 aliphatic heterocycles.